The number of rotatable bonds is 7. The van der Waals surface area contributed by atoms with Gasteiger partial charge in [-0.15, -0.1) is 0 Å². The zero-order valence-corrected chi connectivity index (χ0v) is 21.1. The Morgan fingerprint density at radius 1 is 1.08 bits per heavy atom. The summed E-state index contributed by atoms with van der Waals surface area (Å²) >= 11 is 0. The molecule has 39 heavy (non-hydrogen) atoms. The van der Waals surface area contributed by atoms with Crippen molar-refractivity contribution in [2.75, 3.05) is 0 Å². The molecule has 0 aliphatic rings. The number of alkyl halides is 3. The van der Waals surface area contributed by atoms with Gasteiger partial charge in [-0.25, -0.2) is 17.6 Å². The number of benzene rings is 2. The van der Waals surface area contributed by atoms with Crippen molar-refractivity contribution in [1.82, 2.24) is 19.2 Å². The van der Waals surface area contributed by atoms with E-state index < -0.39 is 62.4 Å². The van der Waals surface area contributed by atoms with E-state index in [-0.39, 0.29) is 22.2 Å². The Balaban J connectivity index is 1.50. The van der Waals surface area contributed by atoms with E-state index in [9.17, 15) is 40.4 Å². The van der Waals surface area contributed by atoms with Crippen molar-refractivity contribution in [3.63, 3.8) is 0 Å². The predicted octanol–water partition coefficient (Wildman–Crippen LogP) is 2.42. The summed E-state index contributed by atoms with van der Waals surface area (Å²) in [6.07, 6.45) is -3.50. The number of hydrogen-bond donors (Lipinski definition) is 2. The standard InChI is InChI=1S/C24H20F4N4O6S/c1-13(30-39(36,37)20-10-14-9-17(25)5-8-19(14)38-20)21(33)29-11-15-12-32(23(35)31(2)22(15)34)18-6-3-16(4-7-18)24(26,27)28/h3-10,12-13,30H,11H2,1-2H3,(H,29,33). The van der Waals surface area contributed by atoms with E-state index in [1.807, 2.05) is 0 Å². The van der Waals surface area contributed by atoms with Crippen LogP contribution in [0.25, 0.3) is 16.7 Å². The van der Waals surface area contributed by atoms with Crippen LogP contribution in [0.2, 0.25) is 0 Å². The van der Waals surface area contributed by atoms with Crippen LogP contribution in [0.3, 0.4) is 0 Å². The van der Waals surface area contributed by atoms with Crippen molar-refractivity contribution in [1.29, 1.82) is 0 Å². The van der Waals surface area contributed by atoms with Gasteiger partial charge >= 0.3 is 11.9 Å². The number of furan rings is 1. The molecule has 10 nitrogen and oxygen atoms in total. The van der Waals surface area contributed by atoms with Gasteiger partial charge in [0, 0.05) is 31.2 Å². The molecule has 0 aliphatic heterocycles. The minimum atomic E-state index is -4.58. The van der Waals surface area contributed by atoms with Crippen LogP contribution in [-0.2, 0) is 34.6 Å². The van der Waals surface area contributed by atoms with Crippen molar-refractivity contribution >= 4 is 26.9 Å². The molecule has 2 aromatic heterocycles. The first-order chi connectivity index (χ1) is 18.2. The highest BCUT2D eigenvalue weighted by Crippen LogP contribution is 2.29. The fourth-order valence-corrected chi connectivity index (χ4v) is 4.82. The Labute approximate surface area is 217 Å². The Kier molecular flexibility index (Phi) is 7.23. The summed E-state index contributed by atoms with van der Waals surface area (Å²) in [7, 11) is -3.17. The van der Waals surface area contributed by atoms with Crippen molar-refractivity contribution in [2.45, 2.75) is 30.8 Å². The number of nitrogens with zero attached hydrogens (tertiary/aromatic N) is 2. The van der Waals surface area contributed by atoms with Crippen molar-refractivity contribution in [3.8, 4) is 5.69 Å². The van der Waals surface area contributed by atoms with E-state index in [1.165, 1.54) is 13.0 Å². The predicted molar refractivity (Wildman–Crippen MR) is 130 cm³/mol. The summed E-state index contributed by atoms with van der Waals surface area (Å²) in [6, 6.07) is 6.85. The van der Waals surface area contributed by atoms with Gasteiger partial charge in [0.25, 0.3) is 15.6 Å². The fourth-order valence-electron chi connectivity index (χ4n) is 3.65. The fraction of sp³-hybridized carbons (Fsp3) is 0.208. The van der Waals surface area contributed by atoms with Gasteiger partial charge in [-0.1, -0.05) is 0 Å². The quantitative estimate of drug-likeness (QED) is 0.329. The Morgan fingerprint density at radius 2 is 1.74 bits per heavy atom. The van der Waals surface area contributed by atoms with E-state index >= 15 is 0 Å². The van der Waals surface area contributed by atoms with Gasteiger partial charge < -0.3 is 9.73 Å². The number of hydrogen-bond acceptors (Lipinski definition) is 6. The maximum atomic E-state index is 13.4. The molecule has 0 saturated heterocycles. The van der Waals surface area contributed by atoms with Crippen LogP contribution in [0.1, 0.15) is 18.1 Å². The molecule has 0 aliphatic carbocycles. The average Bonchev–Trinajstić information content (AvgIpc) is 3.30. The zero-order chi connectivity index (χ0) is 28.7. The first-order valence-electron chi connectivity index (χ1n) is 11.2. The van der Waals surface area contributed by atoms with E-state index in [0.717, 1.165) is 64.8 Å². The van der Waals surface area contributed by atoms with Crippen LogP contribution in [0.15, 0.2) is 73.8 Å². The highest BCUT2D eigenvalue weighted by atomic mass is 32.2. The molecule has 1 unspecified atom stereocenters. The SMILES string of the molecule is CC(NS(=O)(=O)c1cc2cc(F)ccc2o1)C(=O)NCc1cn(-c2ccc(C(F)(F)F)cc2)c(=O)n(C)c1=O. The average molecular weight is 569 g/mol. The van der Waals surface area contributed by atoms with Crippen LogP contribution >= 0.6 is 0 Å². The Morgan fingerprint density at radius 3 is 2.38 bits per heavy atom. The number of amides is 1. The van der Waals surface area contributed by atoms with Gasteiger partial charge in [0.2, 0.25) is 11.0 Å². The van der Waals surface area contributed by atoms with Gasteiger partial charge in [0.1, 0.15) is 11.4 Å². The van der Waals surface area contributed by atoms with Crippen molar-refractivity contribution in [3.05, 3.63) is 92.5 Å². The molecule has 206 valence electrons. The lowest BCUT2D eigenvalue weighted by Gasteiger charge is -2.15. The molecule has 2 aromatic carbocycles. The molecule has 4 rings (SSSR count). The molecule has 0 fully saturated rings. The number of aromatic nitrogens is 2. The molecule has 2 heterocycles. The third-order valence-electron chi connectivity index (χ3n) is 5.73. The molecule has 0 spiro atoms. The number of halogens is 4. The molecule has 15 heteroatoms. The lowest BCUT2D eigenvalue weighted by Crippen LogP contribution is -2.46. The number of sulfonamides is 1. The van der Waals surface area contributed by atoms with Gasteiger partial charge in [0.15, 0.2) is 0 Å². The van der Waals surface area contributed by atoms with Crippen LogP contribution < -0.4 is 21.3 Å². The van der Waals surface area contributed by atoms with Crippen molar-refractivity contribution < 1.29 is 35.2 Å². The second kappa shape index (κ2) is 10.1. The first-order valence-corrected chi connectivity index (χ1v) is 12.6. The van der Waals surface area contributed by atoms with Crippen LogP contribution in [-0.4, -0.2) is 29.5 Å². The molecule has 1 amide bonds. The molecular formula is C24H20F4N4O6S. The highest BCUT2D eigenvalue weighted by Gasteiger charge is 2.30. The van der Waals surface area contributed by atoms with E-state index in [2.05, 4.69) is 10.0 Å². The molecule has 2 N–H and O–H groups in total. The molecule has 0 bridgehead atoms. The number of carbonyl (C=O) groups excluding carboxylic acids is 1. The molecular weight excluding hydrogens is 548 g/mol. The monoisotopic (exact) mass is 568 g/mol. The zero-order valence-electron chi connectivity index (χ0n) is 20.2. The van der Waals surface area contributed by atoms with Crippen molar-refractivity contribution in [2.24, 2.45) is 7.05 Å². The summed E-state index contributed by atoms with van der Waals surface area (Å²) in [6.45, 7) is 0.804. The largest absolute Gasteiger partial charge is 0.443 e. The second-order valence-electron chi connectivity index (χ2n) is 8.52. The van der Waals surface area contributed by atoms with Crippen LogP contribution in [0, 0.1) is 5.82 Å². The van der Waals surface area contributed by atoms with Gasteiger partial charge in [0.05, 0.1) is 22.9 Å². The van der Waals surface area contributed by atoms with E-state index in [4.69, 9.17) is 4.42 Å². The maximum Gasteiger partial charge on any atom is 0.416 e. The van der Waals surface area contributed by atoms with Gasteiger partial charge in [-0.3, -0.25) is 18.7 Å². The topological polar surface area (TPSA) is 132 Å². The molecule has 0 saturated carbocycles. The minimum absolute atomic E-state index is 0.0445. The van der Waals surface area contributed by atoms with Crippen LogP contribution in [0.5, 0.6) is 0 Å². The lowest BCUT2D eigenvalue weighted by atomic mass is 10.2. The van der Waals surface area contributed by atoms with E-state index in [0.29, 0.717) is 0 Å². The summed E-state index contributed by atoms with van der Waals surface area (Å²) in [5.41, 5.74) is -2.47. The summed E-state index contributed by atoms with van der Waals surface area (Å²) in [5, 5.41) is 2.04. The lowest BCUT2D eigenvalue weighted by molar-refractivity contribution is -0.137. The Hall–Kier alpha value is -4.24. The highest BCUT2D eigenvalue weighted by molar-refractivity contribution is 7.89. The van der Waals surface area contributed by atoms with Crippen LogP contribution in [0.4, 0.5) is 17.6 Å². The molecule has 0 radical (unpaired) electrons. The number of nitrogens with one attached hydrogen (secondary N) is 2. The normalized spacial score (nSPS) is 13.0. The number of carbonyl (C=O) groups is 1. The van der Waals surface area contributed by atoms with Gasteiger partial charge in [-0.05, 0) is 49.4 Å². The Bertz CT molecular complexity index is 1790. The maximum absolute atomic E-state index is 13.4. The van der Waals surface area contributed by atoms with Gasteiger partial charge in [-0.2, -0.15) is 17.9 Å². The molecule has 1 atom stereocenters. The number of fused-ring (bicyclic) bond motifs is 1. The first kappa shape index (κ1) is 27.8. The summed E-state index contributed by atoms with van der Waals surface area (Å²) < 4.78 is 86.3. The second-order valence-corrected chi connectivity index (χ2v) is 10.2. The smallest absolute Gasteiger partial charge is 0.416 e. The third kappa shape index (κ3) is 5.78. The minimum Gasteiger partial charge on any atom is -0.443 e. The third-order valence-corrected chi connectivity index (χ3v) is 7.12. The molecule has 4 aromatic rings. The van der Waals surface area contributed by atoms with E-state index in [1.54, 1.807) is 0 Å². The summed E-state index contributed by atoms with van der Waals surface area (Å²) in [4.78, 5) is 37.7. The summed E-state index contributed by atoms with van der Waals surface area (Å²) in [5.74, 6) is -1.43.